The fourth-order valence-corrected chi connectivity index (χ4v) is 3.27. The van der Waals surface area contributed by atoms with Gasteiger partial charge in [0.05, 0.1) is 11.5 Å². The van der Waals surface area contributed by atoms with Crippen molar-refractivity contribution in [3.63, 3.8) is 0 Å². The van der Waals surface area contributed by atoms with Crippen LogP contribution in [0.1, 0.15) is 12.5 Å². The van der Waals surface area contributed by atoms with Gasteiger partial charge in [0.2, 0.25) is 5.91 Å². The van der Waals surface area contributed by atoms with E-state index in [4.69, 9.17) is 11.6 Å². The van der Waals surface area contributed by atoms with Crippen LogP contribution in [0.4, 0.5) is 0 Å². The summed E-state index contributed by atoms with van der Waals surface area (Å²) in [5.41, 5.74) is 6.67. The van der Waals surface area contributed by atoms with Crippen LogP contribution in [0, 0.1) is 0 Å². The lowest BCUT2D eigenvalue weighted by Crippen LogP contribution is -2.21. The van der Waals surface area contributed by atoms with Crippen LogP contribution in [-0.2, 0) is 4.79 Å². The number of amides is 1. The van der Waals surface area contributed by atoms with Crippen LogP contribution in [0.15, 0.2) is 88.9 Å². The van der Waals surface area contributed by atoms with Crippen molar-refractivity contribution in [3.8, 4) is 11.1 Å². The molecule has 0 fully saturated rings. The Hall–Kier alpha value is -2.56. The van der Waals surface area contributed by atoms with Gasteiger partial charge in [0.1, 0.15) is 0 Å². The molecular formula is C22H19ClN2OS. The monoisotopic (exact) mass is 394 g/mol. The van der Waals surface area contributed by atoms with Crippen LogP contribution in [0.25, 0.3) is 11.1 Å². The molecule has 0 aliphatic heterocycles. The first-order valence-corrected chi connectivity index (χ1v) is 9.85. The highest BCUT2D eigenvalue weighted by molar-refractivity contribution is 8.00. The number of carbonyl (C=O) groups is 1. The number of hydrazone groups is 1. The molecule has 0 bridgehead atoms. The van der Waals surface area contributed by atoms with Gasteiger partial charge in [0.15, 0.2) is 0 Å². The van der Waals surface area contributed by atoms with E-state index in [1.165, 1.54) is 17.3 Å². The minimum absolute atomic E-state index is 0.143. The molecular weight excluding hydrogens is 376 g/mol. The molecule has 1 N–H and O–H groups in total. The van der Waals surface area contributed by atoms with Gasteiger partial charge in [-0.05, 0) is 47.9 Å². The molecule has 27 heavy (non-hydrogen) atoms. The number of hydrogen-bond acceptors (Lipinski definition) is 3. The maximum absolute atomic E-state index is 12.0. The molecule has 3 nitrogen and oxygen atoms in total. The fourth-order valence-electron chi connectivity index (χ4n) is 2.46. The number of rotatable bonds is 6. The lowest BCUT2D eigenvalue weighted by Gasteiger charge is -2.05. The second-order valence-corrected chi connectivity index (χ2v) is 7.40. The van der Waals surface area contributed by atoms with Crippen LogP contribution in [-0.4, -0.2) is 17.4 Å². The van der Waals surface area contributed by atoms with Gasteiger partial charge in [-0.25, -0.2) is 5.43 Å². The topological polar surface area (TPSA) is 41.5 Å². The Morgan fingerprint density at radius 2 is 1.56 bits per heavy atom. The zero-order valence-electron chi connectivity index (χ0n) is 14.9. The van der Waals surface area contributed by atoms with E-state index >= 15 is 0 Å². The number of nitrogens with one attached hydrogen (secondary N) is 1. The molecule has 3 aromatic rings. The zero-order valence-corrected chi connectivity index (χ0v) is 16.4. The molecule has 0 radical (unpaired) electrons. The molecule has 0 heterocycles. The van der Waals surface area contributed by atoms with Crippen LogP contribution >= 0.6 is 23.4 Å². The molecule has 5 heteroatoms. The van der Waals surface area contributed by atoms with E-state index in [0.717, 1.165) is 21.7 Å². The first-order valence-electron chi connectivity index (χ1n) is 8.49. The number of carbonyl (C=O) groups excluding carboxylic acids is 1. The second kappa shape index (κ2) is 9.40. The van der Waals surface area contributed by atoms with Gasteiger partial charge in [-0.2, -0.15) is 5.10 Å². The SMILES string of the molecule is C/C(=N/NC(=O)CSc1ccc(Cl)cc1)c1ccc(-c2ccccc2)cc1. The second-order valence-electron chi connectivity index (χ2n) is 5.92. The first kappa shape index (κ1) is 19.2. The smallest absolute Gasteiger partial charge is 0.250 e. The van der Waals surface area contributed by atoms with Gasteiger partial charge in [-0.3, -0.25) is 4.79 Å². The van der Waals surface area contributed by atoms with Crippen molar-refractivity contribution in [2.24, 2.45) is 5.10 Å². The van der Waals surface area contributed by atoms with E-state index < -0.39 is 0 Å². The summed E-state index contributed by atoms with van der Waals surface area (Å²) in [6, 6.07) is 25.7. The lowest BCUT2D eigenvalue weighted by molar-refractivity contribution is -0.118. The van der Waals surface area contributed by atoms with Crippen molar-refractivity contribution in [3.05, 3.63) is 89.4 Å². The number of halogens is 1. The van der Waals surface area contributed by atoms with Crippen LogP contribution in [0.2, 0.25) is 5.02 Å². The zero-order chi connectivity index (χ0) is 19.1. The van der Waals surface area contributed by atoms with E-state index in [1.54, 1.807) is 0 Å². The molecule has 3 rings (SSSR count). The largest absolute Gasteiger partial charge is 0.272 e. The molecule has 0 unspecified atom stereocenters. The van der Waals surface area contributed by atoms with Crippen molar-refractivity contribution >= 4 is 35.0 Å². The normalized spacial score (nSPS) is 11.3. The molecule has 136 valence electrons. The van der Waals surface area contributed by atoms with Gasteiger partial charge in [0, 0.05) is 9.92 Å². The molecule has 0 aliphatic rings. The molecule has 0 atom stereocenters. The third-order valence-corrected chi connectivity index (χ3v) is 5.21. The predicted molar refractivity (Wildman–Crippen MR) is 114 cm³/mol. The number of nitrogens with zero attached hydrogens (tertiary/aromatic N) is 1. The van der Waals surface area contributed by atoms with E-state index in [0.29, 0.717) is 10.8 Å². The highest BCUT2D eigenvalue weighted by Gasteiger charge is 2.04. The van der Waals surface area contributed by atoms with Crippen molar-refractivity contribution in [1.82, 2.24) is 5.43 Å². The van der Waals surface area contributed by atoms with Gasteiger partial charge >= 0.3 is 0 Å². The Kier molecular flexibility index (Phi) is 6.69. The first-order chi connectivity index (χ1) is 13.1. The summed E-state index contributed by atoms with van der Waals surface area (Å²) < 4.78 is 0. The Labute approximate surface area is 168 Å². The maximum Gasteiger partial charge on any atom is 0.250 e. The summed E-state index contributed by atoms with van der Waals surface area (Å²) in [5, 5.41) is 4.89. The predicted octanol–water partition coefficient (Wildman–Crippen LogP) is 5.64. The summed E-state index contributed by atoms with van der Waals surface area (Å²) in [7, 11) is 0. The third kappa shape index (κ3) is 5.71. The van der Waals surface area contributed by atoms with Gasteiger partial charge in [-0.15, -0.1) is 11.8 Å². The summed E-state index contributed by atoms with van der Waals surface area (Å²) in [5.74, 6) is 0.154. The van der Waals surface area contributed by atoms with Gasteiger partial charge < -0.3 is 0 Å². The van der Waals surface area contributed by atoms with Crippen molar-refractivity contribution in [2.45, 2.75) is 11.8 Å². The quantitative estimate of drug-likeness (QED) is 0.334. The average molecular weight is 395 g/mol. The Balaban J connectivity index is 1.55. The molecule has 0 spiro atoms. The molecule has 0 aliphatic carbocycles. The summed E-state index contributed by atoms with van der Waals surface area (Å²) in [4.78, 5) is 13.0. The van der Waals surface area contributed by atoms with Gasteiger partial charge in [-0.1, -0.05) is 66.2 Å². The minimum Gasteiger partial charge on any atom is -0.272 e. The van der Waals surface area contributed by atoms with Crippen LogP contribution in [0.3, 0.4) is 0 Å². The third-order valence-electron chi connectivity index (χ3n) is 3.94. The number of benzene rings is 3. The van der Waals surface area contributed by atoms with Crippen molar-refractivity contribution in [1.29, 1.82) is 0 Å². The number of hydrogen-bond donors (Lipinski definition) is 1. The molecule has 0 saturated carbocycles. The molecule has 3 aromatic carbocycles. The van der Waals surface area contributed by atoms with E-state index in [9.17, 15) is 4.79 Å². The Morgan fingerprint density at radius 3 is 2.22 bits per heavy atom. The van der Waals surface area contributed by atoms with Crippen LogP contribution in [0.5, 0.6) is 0 Å². The van der Waals surface area contributed by atoms with Crippen molar-refractivity contribution in [2.75, 3.05) is 5.75 Å². The molecule has 0 saturated heterocycles. The Morgan fingerprint density at radius 1 is 0.926 bits per heavy atom. The maximum atomic E-state index is 12.0. The highest BCUT2D eigenvalue weighted by Crippen LogP contribution is 2.20. The van der Waals surface area contributed by atoms with E-state index in [1.807, 2.05) is 61.5 Å². The lowest BCUT2D eigenvalue weighted by atomic mass is 10.0. The van der Waals surface area contributed by atoms with E-state index in [2.05, 4.69) is 34.8 Å². The molecule has 1 amide bonds. The van der Waals surface area contributed by atoms with Crippen LogP contribution < -0.4 is 5.43 Å². The highest BCUT2D eigenvalue weighted by atomic mass is 35.5. The summed E-state index contributed by atoms with van der Waals surface area (Å²) in [6.45, 7) is 1.88. The fraction of sp³-hybridized carbons (Fsp3) is 0.0909. The van der Waals surface area contributed by atoms with Gasteiger partial charge in [0.25, 0.3) is 0 Å². The average Bonchev–Trinajstić information content (AvgIpc) is 2.72. The summed E-state index contributed by atoms with van der Waals surface area (Å²) >= 11 is 7.30. The van der Waals surface area contributed by atoms with E-state index in [-0.39, 0.29) is 5.91 Å². The number of thioether (sulfide) groups is 1. The molecule has 0 aromatic heterocycles. The Bertz CT molecular complexity index is 923. The standard InChI is InChI=1S/C22H19ClN2OS/c1-16(17-7-9-19(10-8-17)18-5-3-2-4-6-18)24-25-22(26)15-27-21-13-11-20(23)12-14-21/h2-14H,15H2,1H3,(H,25,26)/b24-16-. The minimum atomic E-state index is -0.143. The summed E-state index contributed by atoms with van der Waals surface area (Å²) in [6.07, 6.45) is 0. The van der Waals surface area contributed by atoms with Crippen molar-refractivity contribution < 1.29 is 4.79 Å².